The van der Waals surface area contributed by atoms with Crippen molar-refractivity contribution in [2.75, 3.05) is 0 Å². The second kappa shape index (κ2) is 7.23. The van der Waals surface area contributed by atoms with Gasteiger partial charge in [0.25, 0.3) is 0 Å². The number of rotatable bonds is 2. The van der Waals surface area contributed by atoms with Crippen LogP contribution >= 0.6 is 23.2 Å². The highest BCUT2D eigenvalue weighted by Gasteiger charge is 2.31. The summed E-state index contributed by atoms with van der Waals surface area (Å²) in [6, 6.07) is 7.54. The molecule has 30 heavy (non-hydrogen) atoms. The fraction of sp³-hybridized carbons (Fsp3) is 0.100. The first kappa shape index (κ1) is 18.8. The maximum Gasteiger partial charge on any atom is 0.187 e. The Morgan fingerprint density at radius 2 is 1.90 bits per heavy atom. The van der Waals surface area contributed by atoms with E-state index in [-0.39, 0.29) is 10.7 Å². The van der Waals surface area contributed by atoms with Gasteiger partial charge in [0.1, 0.15) is 23.8 Å². The number of aliphatic imine (C=N–C) groups is 1. The normalized spacial score (nSPS) is 15.2. The van der Waals surface area contributed by atoms with Crippen molar-refractivity contribution >= 4 is 28.9 Å². The van der Waals surface area contributed by atoms with E-state index in [2.05, 4.69) is 25.1 Å². The molecule has 0 amide bonds. The molecule has 5 rings (SSSR count). The molecule has 0 N–H and O–H groups in total. The molecule has 4 aromatic rings. The van der Waals surface area contributed by atoms with Crippen molar-refractivity contribution in [2.24, 2.45) is 4.99 Å². The second-order valence-corrected chi connectivity index (χ2v) is 7.34. The number of aromatic nitrogens is 6. The Hall–Kier alpha value is -3.23. The van der Waals surface area contributed by atoms with Gasteiger partial charge in [-0.25, -0.2) is 14.4 Å². The Balaban J connectivity index is 1.86. The van der Waals surface area contributed by atoms with Crippen LogP contribution in [0.25, 0.3) is 17.2 Å². The van der Waals surface area contributed by atoms with Gasteiger partial charge in [0.2, 0.25) is 0 Å². The van der Waals surface area contributed by atoms with Crippen LogP contribution in [0, 0.1) is 5.82 Å². The van der Waals surface area contributed by atoms with Crippen molar-refractivity contribution in [3.63, 3.8) is 0 Å². The van der Waals surface area contributed by atoms with Crippen molar-refractivity contribution in [1.29, 1.82) is 0 Å². The minimum absolute atomic E-state index is 0.0806. The molecular weight excluding hydrogens is 428 g/mol. The molecule has 0 radical (unpaired) electrons. The van der Waals surface area contributed by atoms with Crippen LogP contribution in [-0.2, 0) is 0 Å². The molecule has 0 spiro atoms. The number of nitrogens with zero attached hydrogens (tertiary/aromatic N) is 7. The summed E-state index contributed by atoms with van der Waals surface area (Å²) in [5, 5.41) is 9.19. The summed E-state index contributed by atoms with van der Waals surface area (Å²) in [5.74, 6) is 0.519. The molecule has 1 aliphatic heterocycles. The van der Waals surface area contributed by atoms with Crippen molar-refractivity contribution in [3.8, 4) is 17.2 Å². The summed E-state index contributed by atoms with van der Waals surface area (Å²) in [7, 11) is 0. The lowest BCUT2D eigenvalue weighted by Crippen LogP contribution is -2.12. The smallest absolute Gasteiger partial charge is 0.187 e. The van der Waals surface area contributed by atoms with Gasteiger partial charge < -0.3 is 0 Å². The Morgan fingerprint density at radius 3 is 2.67 bits per heavy atom. The van der Waals surface area contributed by atoms with Crippen LogP contribution in [-0.4, -0.2) is 35.4 Å². The Bertz CT molecular complexity index is 1300. The van der Waals surface area contributed by atoms with Crippen LogP contribution in [0.4, 0.5) is 4.39 Å². The van der Waals surface area contributed by atoms with Crippen LogP contribution in [0.15, 0.2) is 54.0 Å². The van der Waals surface area contributed by atoms with Crippen molar-refractivity contribution < 1.29 is 4.39 Å². The van der Waals surface area contributed by atoms with Gasteiger partial charge in [0, 0.05) is 18.0 Å². The Labute approximate surface area is 180 Å². The van der Waals surface area contributed by atoms with Gasteiger partial charge in [-0.3, -0.25) is 14.5 Å². The SMILES string of the molecule is C[C@@H]1N=C(c2ncccc2F)c2c(ccc(Cl)c2Cl)-n2c(-c3ccncn3)nnc21. The zero-order valence-corrected chi connectivity index (χ0v) is 17.0. The topological polar surface area (TPSA) is 81.7 Å². The molecule has 1 aliphatic rings. The van der Waals surface area contributed by atoms with Gasteiger partial charge in [-0.1, -0.05) is 23.2 Å². The molecule has 0 unspecified atom stereocenters. The van der Waals surface area contributed by atoms with Crippen LogP contribution in [0.3, 0.4) is 0 Å². The van der Waals surface area contributed by atoms with E-state index in [1.807, 2.05) is 11.5 Å². The zero-order valence-electron chi connectivity index (χ0n) is 15.5. The van der Waals surface area contributed by atoms with Gasteiger partial charge in [-0.05, 0) is 37.3 Å². The lowest BCUT2D eigenvalue weighted by atomic mass is 10.0. The summed E-state index contributed by atoms with van der Waals surface area (Å²) in [5.41, 5.74) is 1.99. The van der Waals surface area contributed by atoms with E-state index in [1.165, 1.54) is 24.7 Å². The molecule has 0 saturated heterocycles. The van der Waals surface area contributed by atoms with E-state index < -0.39 is 11.9 Å². The lowest BCUT2D eigenvalue weighted by molar-refractivity contribution is 0.617. The first-order valence-corrected chi connectivity index (χ1v) is 9.71. The van der Waals surface area contributed by atoms with Crippen LogP contribution in [0.5, 0.6) is 0 Å². The molecule has 4 heterocycles. The highest BCUT2D eigenvalue weighted by Crippen LogP contribution is 2.38. The van der Waals surface area contributed by atoms with Crippen LogP contribution < -0.4 is 0 Å². The van der Waals surface area contributed by atoms with Crippen LogP contribution in [0.2, 0.25) is 10.0 Å². The van der Waals surface area contributed by atoms with E-state index in [0.717, 1.165) is 0 Å². The van der Waals surface area contributed by atoms with E-state index in [9.17, 15) is 4.39 Å². The maximum absolute atomic E-state index is 14.7. The van der Waals surface area contributed by atoms with E-state index in [1.54, 1.807) is 24.4 Å². The number of hydrogen-bond donors (Lipinski definition) is 0. The van der Waals surface area contributed by atoms with Crippen molar-refractivity contribution in [1.82, 2.24) is 29.7 Å². The molecule has 148 valence electrons. The summed E-state index contributed by atoms with van der Waals surface area (Å²) in [6.45, 7) is 1.84. The Morgan fingerprint density at radius 1 is 1.03 bits per heavy atom. The highest BCUT2D eigenvalue weighted by atomic mass is 35.5. The third-order valence-corrected chi connectivity index (χ3v) is 5.53. The number of benzene rings is 1. The largest absolute Gasteiger partial charge is 0.275 e. The highest BCUT2D eigenvalue weighted by molar-refractivity contribution is 6.45. The quantitative estimate of drug-likeness (QED) is 0.459. The summed E-state index contributed by atoms with van der Waals surface area (Å²) >= 11 is 12.9. The molecule has 0 fully saturated rings. The molecular formula is C20H12Cl2FN7. The third kappa shape index (κ3) is 2.88. The van der Waals surface area contributed by atoms with E-state index in [4.69, 9.17) is 28.2 Å². The zero-order chi connectivity index (χ0) is 20.8. The van der Waals surface area contributed by atoms with Crippen molar-refractivity contribution in [3.05, 3.63) is 82.0 Å². The van der Waals surface area contributed by atoms with Gasteiger partial charge in [-0.15, -0.1) is 10.2 Å². The fourth-order valence-corrected chi connectivity index (χ4v) is 3.81. The molecule has 7 nitrogen and oxygen atoms in total. The standard InChI is InChI=1S/C20H12Cl2FN7/c1-10-19-28-29-20(13-6-8-24-9-26-13)30(19)14-5-4-11(21)16(22)15(14)18(27-10)17-12(23)3-2-7-25-17/h2-10H,1H3/t10-/m0/s1. The molecule has 10 heteroatoms. The second-order valence-electron chi connectivity index (χ2n) is 6.55. The lowest BCUT2D eigenvalue weighted by Gasteiger charge is -2.15. The summed E-state index contributed by atoms with van der Waals surface area (Å²) in [4.78, 5) is 17.2. The maximum atomic E-state index is 14.7. The van der Waals surface area contributed by atoms with Gasteiger partial charge in [0.05, 0.1) is 21.4 Å². The number of fused-ring (bicyclic) bond motifs is 3. The molecule has 1 aromatic carbocycles. The van der Waals surface area contributed by atoms with Gasteiger partial charge in [0.15, 0.2) is 17.5 Å². The van der Waals surface area contributed by atoms with Gasteiger partial charge in [-0.2, -0.15) is 0 Å². The Kier molecular flexibility index (Phi) is 4.52. The predicted octanol–water partition coefficient (Wildman–Crippen LogP) is 4.48. The minimum Gasteiger partial charge on any atom is -0.275 e. The first-order valence-electron chi connectivity index (χ1n) is 8.95. The number of pyridine rings is 1. The van der Waals surface area contributed by atoms with E-state index in [0.29, 0.717) is 39.3 Å². The van der Waals surface area contributed by atoms with Crippen molar-refractivity contribution in [2.45, 2.75) is 13.0 Å². The average molecular weight is 440 g/mol. The molecule has 0 bridgehead atoms. The predicted molar refractivity (Wildman–Crippen MR) is 111 cm³/mol. The first-order chi connectivity index (χ1) is 14.6. The fourth-order valence-electron chi connectivity index (χ4n) is 3.40. The molecule has 3 aromatic heterocycles. The molecule has 1 atom stereocenters. The molecule has 0 aliphatic carbocycles. The van der Waals surface area contributed by atoms with E-state index >= 15 is 0 Å². The summed E-state index contributed by atoms with van der Waals surface area (Å²) in [6.07, 6.45) is 4.55. The summed E-state index contributed by atoms with van der Waals surface area (Å²) < 4.78 is 16.5. The molecule has 0 saturated carbocycles. The minimum atomic E-state index is -0.515. The number of hydrogen-bond acceptors (Lipinski definition) is 6. The van der Waals surface area contributed by atoms with Gasteiger partial charge >= 0.3 is 0 Å². The monoisotopic (exact) mass is 439 g/mol. The number of halogens is 3. The average Bonchev–Trinajstić information content (AvgIpc) is 3.16. The third-order valence-electron chi connectivity index (χ3n) is 4.73. The van der Waals surface area contributed by atoms with Crippen LogP contribution in [0.1, 0.15) is 30.0 Å².